The van der Waals surface area contributed by atoms with Crippen LogP contribution in [0, 0.1) is 19.8 Å². The molecule has 15 heavy (non-hydrogen) atoms. The first-order valence-corrected chi connectivity index (χ1v) is 6.35. The van der Waals surface area contributed by atoms with Crippen molar-refractivity contribution in [3.8, 4) is 5.75 Å². The second-order valence-electron chi connectivity index (χ2n) is 4.50. The highest BCUT2D eigenvalue weighted by Crippen LogP contribution is 2.33. The summed E-state index contributed by atoms with van der Waals surface area (Å²) >= 11 is 3.56. The number of halogens is 1. The van der Waals surface area contributed by atoms with Crippen molar-refractivity contribution in [2.24, 2.45) is 5.92 Å². The molecule has 1 aliphatic carbocycles. The fourth-order valence-corrected chi connectivity index (χ4v) is 2.73. The van der Waals surface area contributed by atoms with Crippen LogP contribution >= 0.6 is 15.9 Å². The Kier molecular flexibility index (Phi) is 3.35. The molecule has 0 aromatic heterocycles. The summed E-state index contributed by atoms with van der Waals surface area (Å²) in [5.74, 6) is 1.81. The fraction of sp³-hybridized carbons (Fsp3) is 0.538. The lowest BCUT2D eigenvalue weighted by molar-refractivity contribution is 0.179. The van der Waals surface area contributed by atoms with Crippen molar-refractivity contribution >= 4 is 15.9 Å². The van der Waals surface area contributed by atoms with Crippen molar-refractivity contribution in [2.45, 2.75) is 33.1 Å². The van der Waals surface area contributed by atoms with E-state index >= 15 is 0 Å². The van der Waals surface area contributed by atoms with E-state index in [2.05, 4.69) is 41.9 Å². The molecule has 1 aromatic carbocycles. The molecule has 82 valence electrons. The van der Waals surface area contributed by atoms with Crippen LogP contribution in [0.15, 0.2) is 16.6 Å². The normalized spacial score (nSPS) is 16.2. The van der Waals surface area contributed by atoms with Crippen LogP contribution in [0.2, 0.25) is 0 Å². The van der Waals surface area contributed by atoms with Gasteiger partial charge in [-0.05, 0) is 65.7 Å². The van der Waals surface area contributed by atoms with Crippen LogP contribution in [0.5, 0.6) is 5.75 Å². The van der Waals surface area contributed by atoms with E-state index in [9.17, 15) is 0 Å². The standard InChI is InChI=1S/C13H17BrO/c1-9-6-10(2)13(12(14)7-9)15-8-11-4-3-5-11/h6-7,11H,3-5,8H2,1-2H3. The molecule has 2 heteroatoms. The van der Waals surface area contributed by atoms with Crippen molar-refractivity contribution in [1.29, 1.82) is 0 Å². The largest absolute Gasteiger partial charge is 0.492 e. The SMILES string of the molecule is Cc1cc(C)c(OCC2CCC2)c(Br)c1. The first-order valence-electron chi connectivity index (χ1n) is 5.56. The second kappa shape index (κ2) is 4.56. The maximum Gasteiger partial charge on any atom is 0.136 e. The Morgan fingerprint density at radius 1 is 1.33 bits per heavy atom. The molecule has 2 rings (SSSR count). The fourth-order valence-electron chi connectivity index (χ4n) is 1.95. The molecule has 0 unspecified atom stereocenters. The summed E-state index contributed by atoms with van der Waals surface area (Å²) in [4.78, 5) is 0. The number of hydrogen-bond donors (Lipinski definition) is 0. The van der Waals surface area contributed by atoms with Crippen molar-refractivity contribution in [3.63, 3.8) is 0 Å². The third-order valence-electron chi connectivity index (χ3n) is 3.06. The van der Waals surface area contributed by atoms with Gasteiger partial charge < -0.3 is 4.74 Å². The summed E-state index contributed by atoms with van der Waals surface area (Å²) < 4.78 is 6.96. The minimum absolute atomic E-state index is 0.789. The molecule has 0 radical (unpaired) electrons. The summed E-state index contributed by atoms with van der Waals surface area (Å²) in [6.45, 7) is 5.09. The lowest BCUT2D eigenvalue weighted by Gasteiger charge is -2.25. The highest BCUT2D eigenvalue weighted by molar-refractivity contribution is 9.10. The Hall–Kier alpha value is -0.500. The van der Waals surface area contributed by atoms with Gasteiger partial charge in [0.25, 0.3) is 0 Å². The first-order chi connectivity index (χ1) is 7.16. The molecule has 0 N–H and O–H groups in total. The Balaban J connectivity index is 2.05. The number of rotatable bonds is 3. The van der Waals surface area contributed by atoms with Crippen LogP contribution in [-0.4, -0.2) is 6.61 Å². The van der Waals surface area contributed by atoms with E-state index in [-0.39, 0.29) is 0 Å². The average molecular weight is 269 g/mol. The van der Waals surface area contributed by atoms with Gasteiger partial charge in [0.1, 0.15) is 5.75 Å². The van der Waals surface area contributed by atoms with E-state index in [4.69, 9.17) is 4.74 Å². The van der Waals surface area contributed by atoms with Crippen molar-refractivity contribution < 1.29 is 4.74 Å². The van der Waals surface area contributed by atoms with Gasteiger partial charge in [-0.25, -0.2) is 0 Å². The molecule has 0 atom stereocenters. The van der Waals surface area contributed by atoms with Gasteiger partial charge in [0.15, 0.2) is 0 Å². The summed E-state index contributed by atoms with van der Waals surface area (Å²) in [6.07, 6.45) is 4.05. The topological polar surface area (TPSA) is 9.23 Å². The van der Waals surface area contributed by atoms with Gasteiger partial charge in [0.05, 0.1) is 11.1 Å². The zero-order chi connectivity index (χ0) is 10.8. The molecule has 0 amide bonds. The minimum atomic E-state index is 0.789. The number of hydrogen-bond acceptors (Lipinski definition) is 1. The minimum Gasteiger partial charge on any atom is -0.492 e. The van der Waals surface area contributed by atoms with E-state index in [0.717, 1.165) is 22.7 Å². The maximum atomic E-state index is 5.88. The predicted octanol–water partition coefficient (Wildman–Crippen LogP) is 4.24. The van der Waals surface area contributed by atoms with Crippen molar-refractivity contribution in [1.82, 2.24) is 0 Å². The summed E-state index contributed by atoms with van der Waals surface area (Å²) in [7, 11) is 0. The lowest BCUT2D eigenvalue weighted by atomic mass is 9.86. The molecule has 1 aliphatic rings. The summed E-state index contributed by atoms with van der Waals surface area (Å²) in [5.41, 5.74) is 2.50. The quantitative estimate of drug-likeness (QED) is 0.797. The van der Waals surface area contributed by atoms with Crippen LogP contribution in [0.1, 0.15) is 30.4 Å². The highest BCUT2D eigenvalue weighted by atomic mass is 79.9. The molecule has 0 heterocycles. The van der Waals surface area contributed by atoms with E-state index in [1.165, 1.54) is 30.4 Å². The van der Waals surface area contributed by atoms with Crippen molar-refractivity contribution in [3.05, 3.63) is 27.7 Å². The molecule has 1 fully saturated rings. The molecular formula is C13H17BrO. The molecule has 1 saturated carbocycles. The monoisotopic (exact) mass is 268 g/mol. The van der Waals surface area contributed by atoms with Crippen LogP contribution < -0.4 is 4.74 Å². The highest BCUT2D eigenvalue weighted by Gasteiger charge is 2.18. The van der Waals surface area contributed by atoms with Crippen LogP contribution in [0.4, 0.5) is 0 Å². The molecule has 1 aromatic rings. The molecule has 0 saturated heterocycles. The van der Waals surface area contributed by atoms with E-state index in [1.807, 2.05) is 0 Å². The lowest BCUT2D eigenvalue weighted by Crippen LogP contribution is -2.19. The third-order valence-corrected chi connectivity index (χ3v) is 3.65. The molecule has 1 nitrogen and oxygen atoms in total. The van der Waals surface area contributed by atoms with Gasteiger partial charge in [-0.15, -0.1) is 0 Å². The van der Waals surface area contributed by atoms with Gasteiger partial charge in [-0.1, -0.05) is 12.5 Å². The Morgan fingerprint density at radius 2 is 2.07 bits per heavy atom. The number of aryl methyl sites for hydroxylation is 2. The van der Waals surface area contributed by atoms with Gasteiger partial charge in [0, 0.05) is 0 Å². The average Bonchev–Trinajstić information content (AvgIpc) is 2.06. The number of ether oxygens (including phenoxy) is 1. The number of benzene rings is 1. The van der Waals surface area contributed by atoms with Crippen LogP contribution in [0.3, 0.4) is 0 Å². The van der Waals surface area contributed by atoms with Gasteiger partial charge in [-0.3, -0.25) is 0 Å². The van der Waals surface area contributed by atoms with Gasteiger partial charge in [0.2, 0.25) is 0 Å². The van der Waals surface area contributed by atoms with Crippen molar-refractivity contribution in [2.75, 3.05) is 6.61 Å². The second-order valence-corrected chi connectivity index (χ2v) is 5.36. The zero-order valence-corrected chi connectivity index (χ0v) is 10.9. The van der Waals surface area contributed by atoms with E-state index < -0.39 is 0 Å². The predicted molar refractivity (Wildman–Crippen MR) is 66.5 cm³/mol. The molecule has 0 aliphatic heterocycles. The Bertz CT molecular complexity index is 333. The summed E-state index contributed by atoms with van der Waals surface area (Å²) in [5, 5.41) is 0. The maximum absolute atomic E-state index is 5.88. The van der Waals surface area contributed by atoms with E-state index in [0.29, 0.717) is 0 Å². The molecule has 0 bridgehead atoms. The smallest absolute Gasteiger partial charge is 0.136 e. The molecule has 0 spiro atoms. The Labute approximate surface area is 100.0 Å². The van der Waals surface area contributed by atoms with E-state index in [1.54, 1.807) is 0 Å². The molecular weight excluding hydrogens is 252 g/mol. The first kappa shape index (κ1) is 11.0. The van der Waals surface area contributed by atoms with Gasteiger partial charge in [-0.2, -0.15) is 0 Å². The Morgan fingerprint density at radius 3 is 2.60 bits per heavy atom. The summed E-state index contributed by atoms with van der Waals surface area (Å²) in [6, 6.07) is 4.28. The van der Waals surface area contributed by atoms with Crippen LogP contribution in [-0.2, 0) is 0 Å². The van der Waals surface area contributed by atoms with Crippen LogP contribution in [0.25, 0.3) is 0 Å². The third kappa shape index (κ3) is 2.54. The zero-order valence-electron chi connectivity index (χ0n) is 9.35. The van der Waals surface area contributed by atoms with Gasteiger partial charge >= 0.3 is 0 Å².